The van der Waals surface area contributed by atoms with E-state index in [1.807, 2.05) is 35.9 Å². The van der Waals surface area contributed by atoms with Crippen LogP contribution >= 0.6 is 22.9 Å². The van der Waals surface area contributed by atoms with Crippen LogP contribution in [0.4, 0.5) is 0 Å². The van der Waals surface area contributed by atoms with E-state index in [0.717, 1.165) is 22.7 Å². The average molecular weight is 253 g/mol. The summed E-state index contributed by atoms with van der Waals surface area (Å²) in [6.07, 6.45) is 0.954. The molecule has 0 saturated carbocycles. The third-order valence-corrected chi connectivity index (χ3v) is 4.01. The van der Waals surface area contributed by atoms with Gasteiger partial charge in [0.25, 0.3) is 0 Å². The van der Waals surface area contributed by atoms with Gasteiger partial charge in [-0.05, 0) is 24.1 Å². The number of aromatic nitrogens is 1. The van der Waals surface area contributed by atoms with Crippen molar-refractivity contribution in [2.75, 3.05) is 0 Å². The van der Waals surface area contributed by atoms with Crippen molar-refractivity contribution < 1.29 is 0 Å². The first-order chi connectivity index (χ1) is 7.63. The van der Waals surface area contributed by atoms with E-state index in [9.17, 15) is 0 Å². The van der Waals surface area contributed by atoms with Gasteiger partial charge in [-0.25, -0.2) is 0 Å². The molecule has 0 radical (unpaired) electrons. The van der Waals surface area contributed by atoms with Crippen LogP contribution in [0.15, 0.2) is 24.3 Å². The average Bonchev–Trinajstić information content (AvgIpc) is 2.57. The van der Waals surface area contributed by atoms with Gasteiger partial charge in [0.2, 0.25) is 0 Å². The van der Waals surface area contributed by atoms with Crippen molar-refractivity contribution in [2.24, 2.45) is 7.05 Å². The first-order valence-electron chi connectivity index (χ1n) is 5.12. The van der Waals surface area contributed by atoms with Crippen LogP contribution < -0.4 is 4.80 Å². The van der Waals surface area contributed by atoms with Crippen molar-refractivity contribution in [1.82, 2.24) is 4.57 Å². The molecule has 0 saturated heterocycles. The number of thiazole rings is 1. The maximum atomic E-state index is 7.83. The highest BCUT2D eigenvalue weighted by Crippen LogP contribution is 2.26. The second-order valence-electron chi connectivity index (χ2n) is 3.60. The molecular formula is C12H13ClN2S. The van der Waals surface area contributed by atoms with Gasteiger partial charge >= 0.3 is 0 Å². The molecule has 2 nitrogen and oxygen atoms in total. The largest absolute Gasteiger partial charge is 0.320 e. The lowest BCUT2D eigenvalue weighted by Crippen LogP contribution is -2.08. The van der Waals surface area contributed by atoms with Crippen molar-refractivity contribution in [3.63, 3.8) is 0 Å². The molecule has 0 bridgehead atoms. The number of benzene rings is 1. The fourth-order valence-electron chi connectivity index (χ4n) is 1.72. The predicted octanol–water partition coefficient (Wildman–Crippen LogP) is 3.45. The summed E-state index contributed by atoms with van der Waals surface area (Å²) < 4.78 is 1.92. The van der Waals surface area contributed by atoms with Crippen LogP contribution in [0.1, 0.15) is 11.8 Å². The van der Waals surface area contributed by atoms with Crippen molar-refractivity contribution in [2.45, 2.75) is 13.3 Å². The van der Waals surface area contributed by atoms with Crippen LogP contribution in [-0.2, 0) is 13.5 Å². The van der Waals surface area contributed by atoms with Crippen LogP contribution in [0.25, 0.3) is 11.3 Å². The maximum absolute atomic E-state index is 7.83. The van der Waals surface area contributed by atoms with Gasteiger partial charge in [-0.15, -0.1) is 11.3 Å². The van der Waals surface area contributed by atoms with E-state index in [2.05, 4.69) is 6.92 Å². The van der Waals surface area contributed by atoms with E-state index < -0.39 is 0 Å². The fraction of sp³-hybridized carbons (Fsp3) is 0.250. The van der Waals surface area contributed by atoms with Crippen molar-refractivity contribution in [1.29, 1.82) is 5.41 Å². The highest BCUT2D eigenvalue weighted by atomic mass is 35.5. The molecule has 1 heterocycles. The van der Waals surface area contributed by atoms with Gasteiger partial charge in [0.05, 0.1) is 5.69 Å². The smallest absolute Gasteiger partial charge is 0.182 e. The van der Waals surface area contributed by atoms with Crippen LogP contribution in [-0.4, -0.2) is 4.57 Å². The minimum Gasteiger partial charge on any atom is -0.320 e. The lowest BCUT2D eigenvalue weighted by molar-refractivity contribution is 0.860. The van der Waals surface area contributed by atoms with Crippen LogP contribution in [0, 0.1) is 5.41 Å². The summed E-state index contributed by atoms with van der Waals surface area (Å²) in [5.74, 6) is 0. The Morgan fingerprint density at radius 2 is 1.94 bits per heavy atom. The van der Waals surface area contributed by atoms with Crippen LogP contribution in [0.2, 0.25) is 5.02 Å². The zero-order chi connectivity index (χ0) is 11.7. The highest BCUT2D eigenvalue weighted by Gasteiger charge is 2.10. The molecule has 0 aliphatic carbocycles. The molecule has 84 valence electrons. The van der Waals surface area contributed by atoms with Gasteiger partial charge in [-0.2, -0.15) is 0 Å². The molecule has 0 fully saturated rings. The standard InChI is InChI=1S/C12H13ClN2S/c1-3-10-11(15(2)12(14)16-10)8-4-6-9(13)7-5-8/h4-7,14H,3H2,1-2H3. The van der Waals surface area contributed by atoms with Gasteiger partial charge in [-0.1, -0.05) is 30.7 Å². The number of rotatable bonds is 2. The molecule has 0 unspecified atom stereocenters. The van der Waals surface area contributed by atoms with Gasteiger partial charge in [-0.3, -0.25) is 5.41 Å². The van der Waals surface area contributed by atoms with Crippen LogP contribution in [0.5, 0.6) is 0 Å². The van der Waals surface area contributed by atoms with E-state index in [0.29, 0.717) is 4.80 Å². The molecular weight excluding hydrogens is 240 g/mol. The Labute approximate surface area is 104 Å². The monoisotopic (exact) mass is 252 g/mol. The summed E-state index contributed by atoms with van der Waals surface area (Å²) in [4.78, 5) is 1.83. The second kappa shape index (κ2) is 4.44. The van der Waals surface area contributed by atoms with Gasteiger partial charge in [0, 0.05) is 16.9 Å². The van der Waals surface area contributed by atoms with E-state index in [1.54, 1.807) is 0 Å². The Morgan fingerprint density at radius 3 is 2.50 bits per heavy atom. The Morgan fingerprint density at radius 1 is 1.31 bits per heavy atom. The molecule has 0 aliphatic heterocycles. The third-order valence-electron chi connectivity index (χ3n) is 2.56. The number of halogens is 1. The molecule has 0 spiro atoms. The molecule has 16 heavy (non-hydrogen) atoms. The van der Waals surface area contributed by atoms with E-state index in [1.165, 1.54) is 16.2 Å². The molecule has 0 amide bonds. The molecule has 1 aromatic carbocycles. The Balaban J connectivity index is 2.63. The normalized spacial score (nSPS) is 10.7. The first kappa shape index (κ1) is 11.4. The quantitative estimate of drug-likeness (QED) is 0.848. The van der Waals surface area contributed by atoms with Crippen molar-refractivity contribution in [3.05, 3.63) is 39.0 Å². The molecule has 4 heteroatoms. The predicted molar refractivity (Wildman–Crippen MR) is 69.0 cm³/mol. The zero-order valence-electron chi connectivity index (χ0n) is 9.25. The van der Waals surface area contributed by atoms with Gasteiger partial charge in [0.15, 0.2) is 4.80 Å². The third kappa shape index (κ3) is 1.93. The summed E-state index contributed by atoms with van der Waals surface area (Å²) in [6, 6.07) is 7.78. The topological polar surface area (TPSA) is 28.8 Å². The van der Waals surface area contributed by atoms with Crippen molar-refractivity contribution in [3.8, 4) is 11.3 Å². The number of nitrogens with one attached hydrogen (secondary N) is 1. The summed E-state index contributed by atoms with van der Waals surface area (Å²) in [7, 11) is 1.93. The molecule has 0 aliphatic rings. The van der Waals surface area contributed by atoms with E-state index in [4.69, 9.17) is 17.0 Å². The molecule has 1 aromatic heterocycles. The molecule has 1 N–H and O–H groups in total. The minimum atomic E-state index is 0.585. The number of hydrogen-bond acceptors (Lipinski definition) is 2. The summed E-state index contributed by atoms with van der Waals surface area (Å²) in [6.45, 7) is 2.12. The summed E-state index contributed by atoms with van der Waals surface area (Å²) in [5, 5.41) is 8.57. The molecule has 2 aromatic rings. The number of nitrogens with zero attached hydrogens (tertiary/aromatic N) is 1. The Bertz CT molecular complexity index is 551. The number of hydrogen-bond donors (Lipinski definition) is 1. The molecule has 0 atom stereocenters. The summed E-state index contributed by atoms with van der Waals surface area (Å²) in [5.41, 5.74) is 2.26. The Hall–Kier alpha value is -1.06. The SMILES string of the molecule is CCc1sc(=N)n(C)c1-c1ccc(Cl)cc1. The zero-order valence-corrected chi connectivity index (χ0v) is 10.8. The highest BCUT2D eigenvalue weighted by molar-refractivity contribution is 7.09. The first-order valence-corrected chi connectivity index (χ1v) is 6.32. The van der Waals surface area contributed by atoms with Gasteiger partial charge in [0.1, 0.15) is 0 Å². The second-order valence-corrected chi connectivity index (χ2v) is 5.12. The van der Waals surface area contributed by atoms with E-state index >= 15 is 0 Å². The molecule has 2 rings (SSSR count). The van der Waals surface area contributed by atoms with Crippen molar-refractivity contribution >= 4 is 22.9 Å². The lowest BCUT2D eigenvalue weighted by atomic mass is 10.1. The minimum absolute atomic E-state index is 0.585. The van der Waals surface area contributed by atoms with E-state index in [-0.39, 0.29) is 0 Å². The fourth-order valence-corrected chi connectivity index (χ4v) is 2.81. The number of aryl methyl sites for hydroxylation is 1. The van der Waals surface area contributed by atoms with Gasteiger partial charge < -0.3 is 4.57 Å². The summed E-state index contributed by atoms with van der Waals surface area (Å²) >= 11 is 7.41. The van der Waals surface area contributed by atoms with Crippen LogP contribution in [0.3, 0.4) is 0 Å². The Kier molecular flexibility index (Phi) is 3.17. The lowest BCUT2D eigenvalue weighted by Gasteiger charge is -2.05. The maximum Gasteiger partial charge on any atom is 0.182 e.